The minimum atomic E-state index is -1.19. The third-order valence-corrected chi connectivity index (χ3v) is 4.08. The highest BCUT2D eigenvalue weighted by atomic mass is 32.2. The van der Waals surface area contributed by atoms with Gasteiger partial charge in [0.1, 0.15) is 11.9 Å². The second-order valence-electron chi connectivity index (χ2n) is 4.23. The van der Waals surface area contributed by atoms with Gasteiger partial charge in [-0.15, -0.1) is 0 Å². The number of halogens is 1. The van der Waals surface area contributed by atoms with Crippen LogP contribution in [0.15, 0.2) is 47.4 Å². The van der Waals surface area contributed by atoms with E-state index in [-0.39, 0.29) is 11.3 Å². The van der Waals surface area contributed by atoms with Crippen LogP contribution in [0.2, 0.25) is 0 Å². The Morgan fingerprint density at radius 2 is 2.05 bits per heavy atom. The van der Waals surface area contributed by atoms with E-state index < -0.39 is 16.6 Å². The first-order valence-electron chi connectivity index (χ1n) is 5.74. The van der Waals surface area contributed by atoms with Gasteiger partial charge in [0.2, 0.25) is 0 Å². The Morgan fingerprint density at radius 3 is 2.74 bits per heavy atom. The molecule has 0 bridgehead atoms. The standard InChI is InChI=1S/C15H12FNOS/c1-11-3-2-4-14(7-11)19(18)10-12-5-6-15(16)13(8-12)9-17/h2-8H,10H2,1H3. The molecule has 2 nitrogen and oxygen atoms in total. The number of hydrogen-bond acceptors (Lipinski definition) is 2. The number of nitrogens with zero attached hydrogens (tertiary/aromatic N) is 1. The molecule has 0 aromatic heterocycles. The predicted octanol–water partition coefficient (Wildman–Crippen LogP) is 3.31. The van der Waals surface area contributed by atoms with Crippen LogP contribution in [0.4, 0.5) is 4.39 Å². The fourth-order valence-corrected chi connectivity index (χ4v) is 2.94. The molecule has 0 amide bonds. The molecule has 1 atom stereocenters. The molecule has 0 saturated heterocycles. The zero-order chi connectivity index (χ0) is 13.8. The molecule has 19 heavy (non-hydrogen) atoms. The van der Waals surface area contributed by atoms with Gasteiger partial charge in [0, 0.05) is 4.90 Å². The second kappa shape index (κ2) is 5.77. The molecule has 2 rings (SSSR count). The molecule has 96 valence electrons. The number of aryl methyl sites for hydroxylation is 1. The summed E-state index contributed by atoms with van der Waals surface area (Å²) in [7, 11) is -1.19. The van der Waals surface area contributed by atoms with E-state index in [1.165, 1.54) is 12.1 Å². The van der Waals surface area contributed by atoms with Crippen LogP contribution in [-0.2, 0) is 16.6 Å². The molecule has 0 aliphatic rings. The molecule has 0 spiro atoms. The molecule has 0 N–H and O–H groups in total. The summed E-state index contributed by atoms with van der Waals surface area (Å²) in [5.74, 6) is -0.272. The first-order valence-corrected chi connectivity index (χ1v) is 7.05. The van der Waals surface area contributed by atoms with Gasteiger partial charge in [-0.25, -0.2) is 4.39 Å². The maximum absolute atomic E-state index is 13.2. The van der Waals surface area contributed by atoms with Crippen LogP contribution >= 0.6 is 0 Å². The highest BCUT2D eigenvalue weighted by Gasteiger charge is 2.08. The molecule has 0 heterocycles. The van der Waals surface area contributed by atoms with Crippen molar-refractivity contribution in [3.05, 3.63) is 65.0 Å². The quantitative estimate of drug-likeness (QED) is 0.860. The zero-order valence-electron chi connectivity index (χ0n) is 10.4. The fraction of sp³-hybridized carbons (Fsp3) is 0.133. The number of rotatable bonds is 3. The first kappa shape index (κ1) is 13.4. The average molecular weight is 273 g/mol. The first-order chi connectivity index (χ1) is 9.10. The van der Waals surface area contributed by atoms with E-state index in [0.29, 0.717) is 5.56 Å². The van der Waals surface area contributed by atoms with Gasteiger partial charge >= 0.3 is 0 Å². The smallest absolute Gasteiger partial charge is 0.140 e. The third-order valence-electron chi connectivity index (χ3n) is 2.70. The Hall–Kier alpha value is -1.99. The van der Waals surface area contributed by atoms with E-state index in [1.54, 1.807) is 18.2 Å². The second-order valence-corrected chi connectivity index (χ2v) is 5.68. The molecule has 2 aromatic carbocycles. The Bertz CT molecular complexity index is 676. The highest BCUT2D eigenvalue weighted by Crippen LogP contribution is 2.16. The van der Waals surface area contributed by atoms with Crippen LogP contribution in [0.5, 0.6) is 0 Å². The van der Waals surface area contributed by atoms with Gasteiger partial charge in [0.15, 0.2) is 0 Å². The van der Waals surface area contributed by atoms with E-state index in [9.17, 15) is 8.60 Å². The Balaban J connectivity index is 2.22. The van der Waals surface area contributed by atoms with Crippen molar-refractivity contribution in [1.82, 2.24) is 0 Å². The van der Waals surface area contributed by atoms with E-state index in [2.05, 4.69) is 0 Å². The van der Waals surface area contributed by atoms with Crippen molar-refractivity contribution in [3.8, 4) is 6.07 Å². The SMILES string of the molecule is Cc1cccc(S(=O)Cc2ccc(F)c(C#N)c2)c1. The molecular weight excluding hydrogens is 261 g/mol. The van der Waals surface area contributed by atoms with E-state index in [4.69, 9.17) is 5.26 Å². The fourth-order valence-electron chi connectivity index (χ4n) is 1.74. The van der Waals surface area contributed by atoms with Gasteiger partial charge in [-0.05, 0) is 42.3 Å². The molecular formula is C15H12FNOS. The van der Waals surface area contributed by atoms with E-state index >= 15 is 0 Å². The van der Waals surface area contributed by atoms with Gasteiger partial charge in [0.05, 0.1) is 22.1 Å². The topological polar surface area (TPSA) is 40.9 Å². The lowest BCUT2D eigenvalue weighted by molar-refractivity contribution is 0.623. The summed E-state index contributed by atoms with van der Waals surface area (Å²) in [4.78, 5) is 0.739. The third kappa shape index (κ3) is 3.27. The zero-order valence-corrected chi connectivity index (χ0v) is 11.2. The summed E-state index contributed by atoms with van der Waals surface area (Å²) in [6.45, 7) is 1.94. The number of nitriles is 1. The van der Waals surface area contributed by atoms with Crippen LogP contribution in [0.3, 0.4) is 0 Å². The molecule has 4 heteroatoms. The van der Waals surface area contributed by atoms with Crippen molar-refractivity contribution in [3.63, 3.8) is 0 Å². The van der Waals surface area contributed by atoms with Crippen molar-refractivity contribution < 1.29 is 8.60 Å². The van der Waals surface area contributed by atoms with Crippen LogP contribution < -0.4 is 0 Å². The van der Waals surface area contributed by atoms with Gasteiger partial charge < -0.3 is 0 Å². The summed E-state index contributed by atoms with van der Waals surface area (Å²) in [5.41, 5.74) is 1.72. The summed E-state index contributed by atoms with van der Waals surface area (Å²) < 4.78 is 25.4. The van der Waals surface area contributed by atoms with Gasteiger partial charge in [-0.3, -0.25) is 4.21 Å². The summed E-state index contributed by atoms with van der Waals surface area (Å²) in [5, 5.41) is 8.76. The Kier molecular flexibility index (Phi) is 4.08. The van der Waals surface area contributed by atoms with Crippen molar-refractivity contribution in [2.24, 2.45) is 0 Å². The normalized spacial score (nSPS) is 11.8. The molecule has 2 aromatic rings. The molecule has 0 aliphatic carbocycles. The van der Waals surface area contributed by atoms with Gasteiger partial charge in [0.25, 0.3) is 0 Å². The Morgan fingerprint density at radius 1 is 1.26 bits per heavy atom. The average Bonchev–Trinajstić information content (AvgIpc) is 2.41. The summed E-state index contributed by atoms with van der Waals surface area (Å²) >= 11 is 0. The maximum atomic E-state index is 13.2. The number of hydrogen-bond donors (Lipinski definition) is 0. The van der Waals surface area contributed by atoms with Crippen molar-refractivity contribution >= 4 is 10.8 Å². The van der Waals surface area contributed by atoms with E-state index in [0.717, 1.165) is 10.5 Å². The molecule has 1 unspecified atom stereocenters. The molecule has 0 fully saturated rings. The van der Waals surface area contributed by atoms with Gasteiger partial charge in [-0.1, -0.05) is 18.2 Å². The molecule has 0 aliphatic heterocycles. The van der Waals surface area contributed by atoms with E-state index in [1.807, 2.05) is 25.1 Å². The van der Waals surface area contributed by atoms with Crippen LogP contribution in [0.25, 0.3) is 0 Å². The maximum Gasteiger partial charge on any atom is 0.140 e. The monoisotopic (exact) mass is 273 g/mol. The van der Waals surface area contributed by atoms with Crippen LogP contribution in [0.1, 0.15) is 16.7 Å². The summed E-state index contributed by atoms with van der Waals surface area (Å²) in [6.07, 6.45) is 0. The van der Waals surface area contributed by atoms with Gasteiger partial charge in [-0.2, -0.15) is 5.26 Å². The Labute approximate surface area is 114 Å². The lowest BCUT2D eigenvalue weighted by Gasteiger charge is -2.04. The minimum absolute atomic E-state index is 0.0151. The van der Waals surface area contributed by atoms with Crippen molar-refractivity contribution in [2.75, 3.05) is 0 Å². The highest BCUT2D eigenvalue weighted by molar-refractivity contribution is 7.84. The largest absolute Gasteiger partial charge is 0.254 e. The molecule has 0 radical (unpaired) electrons. The minimum Gasteiger partial charge on any atom is -0.254 e. The van der Waals surface area contributed by atoms with Crippen LogP contribution in [0, 0.1) is 24.1 Å². The van der Waals surface area contributed by atoms with Crippen molar-refractivity contribution in [2.45, 2.75) is 17.6 Å². The van der Waals surface area contributed by atoms with Crippen LogP contribution in [-0.4, -0.2) is 4.21 Å². The number of benzene rings is 2. The lowest BCUT2D eigenvalue weighted by atomic mass is 10.1. The predicted molar refractivity (Wildman–Crippen MR) is 72.4 cm³/mol. The molecule has 0 saturated carbocycles. The summed E-state index contributed by atoms with van der Waals surface area (Å²) in [6, 6.07) is 13.5. The lowest BCUT2D eigenvalue weighted by Crippen LogP contribution is -1.98. The van der Waals surface area contributed by atoms with Crippen molar-refractivity contribution in [1.29, 1.82) is 5.26 Å².